The van der Waals surface area contributed by atoms with E-state index in [0.717, 1.165) is 0 Å². The minimum atomic E-state index is -1.12. The molecule has 1 unspecified atom stereocenters. The summed E-state index contributed by atoms with van der Waals surface area (Å²) < 4.78 is 4.89. The molecule has 0 aromatic heterocycles. The molecular weight excluding hydrogens is 234 g/mol. The fraction of sp³-hybridized carbons (Fsp3) is 0.846. The summed E-state index contributed by atoms with van der Waals surface area (Å²) in [6.45, 7) is 7.64. The molecule has 0 radical (unpaired) electrons. The molecule has 0 aromatic rings. The zero-order valence-corrected chi connectivity index (χ0v) is 12.0. The largest absolute Gasteiger partial charge is 0.465 e. The second-order valence-electron chi connectivity index (χ2n) is 5.14. The number of esters is 1. The van der Waals surface area contributed by atoms with Gasteiger partial charge in [0.1, 0.15) is 5.41 Å². The third-order valence-corrected chi connectivity index (χ3v) is 2.82. The van der Waals surface area contributed by atoms with E-state index in [1.165, 1.54) is 0 Å². The van der Waals surface area contributed by atoms with Gasteiger partial charge in [-0.3, -0.25) is 14.5 Å². The number of Topliss-reactive ketones (excluding diaryl/α,β-unsaturated/α-hetero) is 1. The molecular formula is C13H25NO4. The van der Waals surface area contributed by atoms with E-state index in [-0.39, 0.29) is 25.0 Å². The summed E-state index contributed by atoms with van der Waals surface area (Å²) in [5, 5.41) is 9.17. The number of hydrogen-bond acceptors (Lipinski definition) is 5. The van der Waals surface area contributed by atoms with Gasteiger partial charge in [-0.15, -0.1) is 0 Å². The van der Waals surface area contributed by atoms with Crippen molar-refractivity contribution < 1.29 is 19.4 Å². The number of ketones is 1. The van der Waals surface area contributed by atoms with Crippen LogP contribution in [0.25, 0.3) is 0 Å². The lowest BCUT2D eigenvalue weighted by molar-refractivity contribution is -0.158. The zero-order valence-electron chi connectivity index (χ0n) is 12.0. The second kappa shape index (κ2) is 7.48. The molecule has 0 rings (SSSR count). The van der Waals surface area contributed by atoms with Gasteiger partial charge in [0.25, 0.3) is 0 Å². The Hall–Kier alpha value is -0.940. The van der Waals surface area contributed by atoms with E-state index < -0.39 is 11.4 Å². The molecule has 0 aliphatic heterocycles. The van der Waals surface area contributed by atoms with E-state index >= 15 is 0 Å². The highest BCUT2D eigenvalue weighted by Gasteiger charge is 2.37. The molecule has 0 bridgehead atoms. The van der Waals surface area contributed by atoms with Crippen molar-refractivity contribution in [2.24, 2.45) is 5.41 Å². The predicted octanol–water partition coefficient (Wildman–Crippen LogP) is 0.848. The summed E-state index contributed by atoms with van der Waals surface area (Å²) in [4.78, 5) is 25.5. The van der Waals surface area contributed by atoms with Crippen molar-refractivity contribution in [3.63, 3.8) is 0 Å². The summed E-state index contributed by atoms with van der Waals surface area (Å²) in [5.41, 5.74) is -1.12. The SMILES string of the molecule is CCOC(=O)C(C)(C)C(=O)CN(C)CCC(C)O. The van der Waals surface area contributed by atoms with Crippen LogP contribution in [-0.4, -0.2) is 54.6 Å². The summed E-state index contributed by atoms with van der Waals surface area (Å²) in [7, 11) is 1.79. The highest BCUT2D eigenvalue weighted by Crippen LogP contribution is 2.19. The lowest BCUT2D eigenvalue weighted by atomic mass is 9.88. The van der Waals surface area contributed by atoms with Gasteiger partial charge in [0, 0.05) is 6.54 Å². The van der Waals surface area contributed by atoms with Crippen molar-refractivity contribution in [3.05, 3.63) is 0 Å². The molecule has 0 saturated heterocycles. The van der Waals surface area contributed by atoms with Gasteiger partial charge in [-0.25, -0.2) is 0 Å². The minimum Gasteiger partial charge on any atom is -0.465 e. The number of carbonyl (C=O) groups is 2. The van der Waals surface area contributed by atoms with Crippen LogP contribution in [0.2, 0.25) is 0 Å². The van der Waals surface area contributed by atoms with Crippen molar-refractivity contribution in [2.75, 3.05) is 26.7 Å². The number of likely N-dealkylation sites (N-methyl/N-ethyl adjacent to an activating group) is 1. The van der Waals surface area contributed by atoms with E-state index in [2.05, 4.69) is 0 Å². The predicted molar refractivity (Wildman–Crippen MR) is 69.2 cm³/mol. The maximum Gasteiger partial charge on any atom is 0.319 e. The van der Waals surface area contributed by atoms with Crippen molar-refractivity contribution in [1.82, 2.24) is 4.90 Å². The minimum absolute atomic E-state index is 0.172. The van der Waals surface area contributed by atoms with Gasteiger partial charge >= 0.3 is 5.97 Å². The van der Waals surface area contributed by atoms with Crippen LogP contribution in [0.3, 0.4) is 0 Å². The highest BCUT2D eigenvalue weighted by molar-refractivity contribution is 6.03. The van der Waals surface area contributed by atoms with E-state index in [9.17, 15) is 9.59 Å². The van der Waals surface area contributed by atoms with Crippen LogP contribution >= 0.6 is 0 Å². The van der Waals surface area contributed by atoms with Crippen LogP contribution < -0.4 is 0 Å². The average Bonchev–Trinajstić information content (AvgIpc) is 2.26. The second-order valence-corrected chi connectivity index (χ2v) is 5.14. The molecule has 0 heterocycles. The monoisotopic (exact) mass is 259 g/mol. The first kappa shape index (κ1) is 17.1. The number of aliphatic hydroxyl groups is 1. The van der Waals surface area contributed by atoms with Crippen molar-refractivity contribution in [2.45, 2.75) is 40.2 Å². The Morgan fingerprint density at radius 3 is 2.39 bits per heavy atom. The maximum atomic E-state index is 12.0. The number of hydrogen-bond donors (Lipinski definition) is 1. The van der Waals surface area contributed by atoms with Gasteiger partial charge < -0.3 is 9.84 Å². The normalized spacial score (nSPS) is 13.5. The van der Waals surface area contributed by atoms with Gasteiger partial charge in [0.15, 0.2) is 5.78 Å². The first-order valence-corrected chi connectivity index (χ1v) is 6.29. The third kappa shape index (κ3) is 5.60. The molecule has 1 N–H and O–H groups in total. The standard InChI is InChI=1S/C13H25NO4/c1-6-18-12(17)13(3,4)11(16)9-14(5)8-7-10(2)15/h10,15H,6-9H2,1-5H3. The summed E-state index contributed by atoms with van der Waals surface area (Å²) in [6.07, 6.45) is 0.212. The third-order valence-electron chi connectivity index (χ3n) is 2.82. The van der Waals surface area contributed by atoms with E-state index in [1.807, 2.05) is 0 Å². The highest BCUT2D eigenvalue weighted by atomic mass is 16.5. The molecule has 106 valence electrons. The van der Waals surface area contributed by atoms with Gasteiger partial charge in [-0.1, -0.05) is 0 Å². The van der Waals surface area contributed by atoms with Crippen LogP contribution in [0.5, 0.6) is 0 Å². The molecule has 1 atom stereocenters. The molecule has 0 spiro atoms. The van der Waals surface area contributed by atoms with Crippen molar-refractivity contribution in [3.8, 4) is 0 Å². The Bertz CT molecular complexity index is 287. The molecule has 0 fully saturated rings. The van der Waals surface area contributed by atoms with Gasteiger partial charge in [0.2, 0.25) is 0 Å². The van der Waals surface area contributed by atoms with Crippen LogP contribution in [-0.2, 0) is 14.3 Å². The summed E-state index contributed by atoms with van der Waals surface area (Å²) in [5.74, 6) is -0.659. The topological polar surface area (TPSA) is 66.8 Å². The van der Waals surface area contributed by atoms with Gasteiger partial charge in [-0.2, -0.15) is 0 Å². The molecule has 0 saturated carbocycles. The summed E-state index contributed by atoms with van der Waals surface area (Å²) in [6, 6.07) is 0. The zero-order chi connectivity index (χ0) is 14.3. The van der Waals surface area contributed by atoms with E-state index in [0.29, 0.717) is 13.0 Å². The Morgan fingerprint density at radius 2 is 1.94 bits per heavy atom. The van der Waals surface area contributed by atoms with Crippen LogP contribution in [0, 0.1) is 5.41 Å². The Balaban J connectivity index is 4.33. The molecule has 0 aliphatic carbocycles. The maximum absolute atomic E-state index is 12.0. The number of ether oxygens (including phenoxy) is 1. The smallest absolute Gasteiger partial charge is 0.319 e. The summed E-state index contributed by atoms with van der Waals surface area (Å²) >= 11 is 0. The Morgan fingerprint density at radius 1 is 1.39 bits per heavy atom. The van der Waals surface area contributed by atoms with Crippen LogP contribution in [0.1, 0.15) is 34.1 Å². The average molecular weight is 259 g/mol. The molecule has 5 heteroatoms. The first-order valence-electron chi connectivity index (χ1n) is 6.29. The number of nitrogens with zero attached hydrogens (tertiary/aromatic N) is 1. The van der Waals surface area contributed by atoms with Gasteiger partial charge in [-0.05, 0) is 41.2 Å². The van der Waals surface area contributed by atoms with Crippen molar-refractivity contribution in [1.29, 1.82) is 0 Å². The molecule has 0 aliphatic rings. The molecule has 0 aromatic carbocycles. The van der Waals surface area contributed by atoms with Crippen molar-refractivity contribution >= 4 is 11.8 Å². The quantitative estimate of drug-likeness (QED) is 0.517. The Labute approximate surface area is 109 Å². The lowest BCUT2D eigenvalue weighted by Gasteiger charge is -2.24. The molecule has 5 nitrogen and oxygen atoms in total. The molecule has 0 amide bonds. The van der Waals surface area contributed by atoms with Gasteiger partial charge in [0.05, 0.1) is 19.3 Å². The van der Waals surface area contributed by atoms with Crippen LogP contribution in [0.15, 0.2) is 0 Å². The van der Waals surface area contributed by atoms with Crippen LogP contribution in [0.4, 0.5) is 0 Å². The number of rotatable bonds is 8. The fourth-order valence-corrected chi connectivity index (χ4v) is 1.35. The van der Waals surface area contributed by atoms with E-state index in [1.54, 1.807) is 39.6 Å². The fourth-order valence-electron chi connectivity index (χ4n) is 1.35. The van der Waals surface area contributed by atoms with E-state index in [4.69, 9.17) is 9.84 Å². The molecule has 18 heavy (non-hydrogen) atoms. The lowest BCUT2D eigenvalue weighted by Crippen LogP contribution is -2.41. The Kier molecular flexibility index (Phi) is 7.09. The number of carbonyl (C=O) groups excluding carboxylic acids is 2. The number of aliphatic hydroxyl groups excluding tert-OH is 1. The first-order chi connectivity index (χ1) is 8.21.